The van der Waals surface area contributed by atoms with E-state index >= 15 is 0 Å². The van der Waals surface area contributed by atoms with Crippen molar-refractivity contribution in [2.45, 2.75) is 44.7 Å². The van der Waals surface area contributed by atoms with E-state index in [1.54, 1.807) is 0 Å². The van der Waals surface area contributed by atoms with Gasteiger partial charge >= 0.3 is 6.18 Å². The number of halogens is 3. The van der Waals surface area contributed by atoms with Gasteiger partial charge in [0.2, 0.25) is 5.91 Å². The maximum Gasteiger partial charge on any atom is 0.390 e. The van der Waals surface area contributed by atoms with Crippen molar-refractivity contribution in [3.63, 3.8) is 0 Å². The first-order valence-electron chi connectivity index (χ1n) is 7.96. The first-order valence-corrected chi connectivity index (χ1v) is 7.96. The Morgan fingerprint density at radius 3 is 2.48 bits per heavy atom. The zero-order chi connectivity index (χ0) is 15.1. The second-order valence-electron chi connectivity index (χ2n) is 6.96. The van der Waals surface area contributed by atoms with Crippen molar-refractivity contribution >= 4 is 5.91 Å². The van der Waals surface area contributed by atoms with Crippen molar-refractivity contribution in [2.24, 2.45) is 17.3 Å². The van der Waals surface area contributed by atoms with Crippen LogP contribution in [0.4, 0.5) is 13.2 Å². The summed E-state index contributed by atoms with van der Waals surface area (Å²) in [4.78, 5) is 14.1. The number of alkyl halides is 3. The highest BCUT2D eigenvalue weighted by Crippen LogP contribution is 2.59. The summed E-state index contributed by atoms with van der Waals surface area (Å²) < 4.78 is 37.4. The zero-order valence-electron chi connectivity index (χ0n) is 12.2. The fraction of sp³-hybridized carbons (Fsp3) is 0.933. The van der Waals surface area contributed by atoms with E-state index in [4.69, 9.17) is 0 Å². The van der Waals surface area contributed by atoms with Gasteiger partial charge in [-0.3, -0.25) is 4.79 Å². The Hall–Kier alpha value is -0.780. The standard InChI is InChI=1S/C15H23F3N2O/c16-15(17,18)5-8-20(10-11-1-2-11)13(21)12-9-14(12)3-6-19-7-4-14/h11-12,19H,1-10H2. The van der Waals surface area contributed by atoms with Crippen LogP contribution in [0.1, 0.15) is 38.5 Å². The van der Waals surface area contributed by atoms with Crippen LogP contribution in [0.5, 0.6) is 0 Å². The minimum Gasteiger partial charge on any atom is -0.342 e. The minimum atomic E-state index is -4.18. The Morgan fingerprint density at radius 2 is 1.90 bits per heavy atom. The predicted octanol–water partition coefficient (Wildman–Crippen LogP) is 2.57. The van der Waals surface area contributed by atoms with Gasteiger partial charge in [0.05, 0.1) is 6.42 Å². The van der Waals surface area contributed by atoms with E-state index in [1.807, 2.05) is 0 Å². The Labute approximate surface area is 123 Å². The summed E-state index contributed by atoms with van der Waals surface area (Å²) in [7, 11) is 0. The van der Waals surface area contributed by atoms with E-state index in [9.17, 15) is 18.0 Å². The molecule has 21 heavy (non-hydrogen) atoms. The SMILES string of the molecule is O=C(C1CC12CCNCC2)N(CCC(F)(F)F)CC1CC1. The number of nitrogens with one attached hydrogen (secondary N) is 1. The Kier molecular flexibility index (Phi) is 3.93. The first kappa shape index (κ1) is 15.1. The molecule has 0 aromatic carbocycles. The minimum absolute atomic E-state index is 0.0203. The van der Waals surface area contributed by atoms with Crippen LogP contribution in [-0.4, -0.2) is 43.2 Å². The van der Waals surface area contributed by atoms with E-state index in [0.717, 1.165) is 45.2 Å². The molecule has 0 radical (unpaired) electrons. The topological polar surface area (TPSA) is 32.3 Å². The molecule has 0 aromatic heterocycles. The summed E-state index contributed by atoms with van der Waals surface area (Å²) in [5, 5.41) is 3.28. The number of hydrogen-bond acceptors (Lipinski definition) is 2. The molecule has 1 amide bonds. The average molecular weight is 304 g/mol. The molecule has 3 nitrogen and oxygen atoms in total. The van der Waals surface area contributed by atoms with Gasteiger partial charge in [0.25, 0.3) is 0 Å². The number of carbonyl (C=O) groups is 1. The van der Waals surface area contributed by atoms with Gasteiger partial charge in [0, 0.05) is 19.0 Å². The maximum absolute atomic E-state index is 12.6. The molecule has 6 heteroatoms. The lowest BCUT2D eigenvalue weighted by atomic mass is 9.91. The summed E-state index contributed by atoms with van der Waals surface area (Å²) in [6, 6.07) is 0. The number of nitrogens with zero attached hydrogens (tertiary/aromatic N) is 1. The van der Waals surface area contributed by atoms with Gasteiger partial charge in [-0.2, -0.15) is 13.2 Å². The molecule has 1 spiro atoms. The molecule has 3 fully saturated rings. The van der Waals surface area contributed by atoms with E-state index in [0.29, 0.717) is 12.5 Å². The summed E-state index contributed by atoms with van der Waals surface area (Å²) in [6.45, 7) is 2.22. The van der Waals surface area contributed by atoms with Crippen molar-refractivity contribution in [1.82, 2.24) is 10.2 Å². The van der Waals surface area contributed by atoms with E-state index in [1.165, 1.54) is 4.90 Å². The van der Waals surface area contributed by atoms with E-state index in [2.05, 4.69) is 5.32 Å². The van der Waals surface area contributed by atoms with Crippen LogP contribution in [0.15, 0.2) is 0 Å². The quantitative estimate of drug-likeness (QED) is 0.846. The van der Waals surface area contributed by atoms with Gasteiger partial charge < -0.3 is 10.2 Å². The Morgan fingerprint density at radius 1 is 1.24 bits per heavy atom. The van der Waals surface area contributed by atoms with Crippen molar-refractivity contribution < 1.29 is 18.0 Å². The number of carbonyl (C=O) groups excluding carboxylic acids is 1. The number of amides is 1. The molecule has 0 aromatic rings. The van der Waals surface area contributed by atoms with Crippen molar-refractivity contribution in [2.75, 3.05) is 26.2 Å². The summed E-state index contributed by atoms with van der Waals surface area (Å²) in [6.07, 6.45) is -0.115. The molecule has 3 aliphatic rings. The molecule has 2 saturated carbocycles. The fourth-order valence-corrected chi connectivity index (χ4v) is 3.56. The third-order valence-corrected chi connectivity index (χ3v) is 5.24. The van der Waals surface area contributed by atoms with Gasteiger partial charge in [-0.05, 0) is 56.5 Å². The predicted molar refractivity (Wildman–Crippen MR) is 72.6 cm³/mol. The van der Waals surface area contributed by atoms with Crippen LogP contribution in [0.25, 0.3) is 0 Å². The van der Waals surface area contributed by atoms with Gasteiger partial charge in [-0.1, -0.05) is 0 Å². The van der Waals surface area contributed by atoms with E-state index < -0.39 is 12.6 Å². The molecule has 120 valence electrons. The molecule has 1 saturated heterocycles. The molecular formula is C15H23F3N2O. The van der Waals surface area contributed by atoms with Gasteiger partial charge in [0.15, 0.2) is 0 Å². The molecule has 2 aliphatic carbocycles. The van der Waals surface area contributed by atoms with Gasteiger partial charge in [-0.25, -0.2) is 0 Å². The highest BCUT2D eigenvalue weighted by atomic mass is 19.4. The maximum atomic E-state index is 12.6. The monoisotopic (exact) mass is 304 g/mol. The molecule has 1 heterocycles. The van der Waals surface area contributed by atoms with Crippen LogP contribution in [0, 0.1) is 17.3 Å². The lowest BCUT2D eigenvalue weighted by Crippen LogP contribution is -2.39. The Balaban J connectivity index is 1.58. The van der Waals surface area contributed by atoms with Gasteiger partial charge in [-0.15, -0.1) is 0 Å². The lowest BCUT2D eigenvalue weighted by molar-refractivity contribution is -0.146. The van der Waals surface area contributed by atoms with Crippen LogP contribution in [0.2, 0.25) is 0 Å². The average Bonchev–Trinajstić information content (AvgIpc) is 3.32. The number of piperidine rings is 1. The van der Waals surface area contributed by atoms with Crippen molar-refractivity contribution in [1.29, 1.82) is 0 Å². The summed E-state index contributed by atoms with van der Waals surface area (Å²) in [5.74, 6) is 0.393. The highest BCUT2D eigenvalue weighted by molar-refractivity contribution is 5.82. The molecular weight excluding hydrogens is 281 g/mol. The van der Waals surface area contributed by atoms with Crippen LogP contribution < -0.4 is 5.32 Å². The number of rotatable bonds is 5. The second-order valence-corrected chi connectivity index (χ2v) is 6.96. The normalized spacial score (nSPS) is 27.7. The van der Waals surface area contributed by atoms with Crippen LogP contribution >= 0.6 is 0 Å². The summed E-state index contributed by atoms with van der Waals surface area (Å²) >= 11 is 0. The molecule has 1 unspecified atom stereocenters. The molecule has 0 bridgehead atoms. The van der Waals surface area contributed by atoms with Gasteiger partial charge in [0.1, 0.15) is 0 Å². The molecule has 3 rings (SSSR count). The third kappa shape index (κ3) is 3.71. The van der Waals surface area contributed by atoms with Crippen molar-refractivity contribution in [3.05, 3.63) is 0 Å². The van der Waals surface area contributed by atoms with E-state index in [-0.39, 0.29) is 23.8 Å². The third-order valence-electron chi connectivity index (χ3n) is 5.24. The smallest absolute Gasteiger partial charge is 0.342 e. The van der Waals surface area contributed by atoms with Crippen molar-refractivity contribution in [3.8, 4) is 0 Å². The fourth-order valence-electron chi connectivity index (χ4n) is 3.56. The first-order chi connectivity index (χ1) is 9.90. The summed E-state index contributed by atoms with van der Waals surface area (Å²) in [5.41, 5.74) is 0.0996. The highest BCUT2D eigenvalue weighted by Gasteiger charge is 2.58. The molecule has 1 atom stereocenters. The zero-order valence-corrected chi connectivity index (χ0v) is 12.2. The molecule has 1 N–H and O–H groups in total. The molecule has 1 aliphatic heterocycles. The van der Waals surface area contributed by atoms with Crippen LogP contribution in [0.3, 0.4) is 0 Å². The van der Waals surface area contributed by atoms with Crippen LogP contribution in [-0.2, 0) is 4.79 Å². The number of hydrogen-bond donors (Lipinski definition) is 1. The largest absolute Gasteiger partial charge is 0.390 e. The Bertz CT molecular complexity index is 400. The lowest BCUT2D eigenvalue weighted by Gasteiger charge is -2.27. The second kappa shape index (κ2) is 5.45.